The van der Waals surface area contributed by atoms with E-state index in [0.717, 1.165) is 17.5 Å². The molecule has 1 heterocycles. The predicted molar refractivity (Wildman–Crippen MR) is 95.4 cm³/mol. The molecule has 1 N–H and O–H groups in total. The van der Waals surface area contributed by atoms with Gasteiger partial charge in [-0.05, 0) is 36.1 Å². The third kappa shape index (κ3) is 3.82. The predicted octanol–water partition coefficient (Wildman–Crippen LogP) is 4.16. The molecule has 25 heavy (non-hydrogen) atoms. The van der Waals surface area contributed by atoms with E-state index in [4.69, 9.17) is 0 Å². The van der Waals surface area contributed by atoms with Crippen LogP contribution in [0.5, 0.6) is 0 Å². The van der Waals surface area contributed by atoms with Gasteiger partial charge in [-0.25, -0.2) is 0 Å². The second-order valence-corrected chi connectivity index (χ2v) is 6.21. The molecule has 1 aliphatic rings. The molecule has 0 saturated heterocycles. The second-order valence-electron chi connectivity index (χ2n) is 6.21. The van der Waals surface area contributed by atoms with Crippen LogP contribution >= 0.6 is 0 Å². The van der Waals surface area contributed by atoms with Gasteiger partial charge in [0.2, 0.25) is 5.91 Å². The average Bonchev–Trinajstić information content (AvgIpc) is 2.64. The van der Waals surface area contributed by atoms with Crippen LogP contribution in [-0.4, -0.2) is 11.8 Å². The van der Waals surface area contributed by atoms with E-state index in [2.05, 4.69) is 34.6 Å². The Morgan fingerprint density at radius 1 is 1.16 bits per heavy atom. The number of carbonyl (C=O) groups is 2. The molecule has 128 valence electrons. The molecule has 2 atom stereocenters. The number of azo groups is 1. The Labute approximate surface area is 147 Å². The highest BCUT2D eigenvalue weighted by Gasteiger charge is 2.25. The first-order chi connectivity index (χ1) is 12.1. The molecule has 2 unspecified atom stereocenters. The molecule has 1 aliphatic heterocycles. The molecular formula is C20H21N3O2. The summed E-state index contributed by atoms with van der Waals surface area (Å²) in [6, 6.07) is 14.9. The Bertz CT molecular complexity index is 812. The van der Waals surface area contributed by atoms with Crippen LogP contribution in [0.2, 0.25) is 0 Å². The minimum Gasteiger partial charge on any atom is -0.350 e. The fourth-order valence-electron chi connectivity index (χ4n) is 2.97. The summed E-state index contributed by atoms with van der Waals surface area (Å²) in [6.07, 6.45) is 1.16. The van der Waals surface area contributed by atoms with E-state index < -0.39 is 6.04 Å². The highest BCUT2D eigenvalue weighted by molar-refractivity contribution is 5.97. The number of amides is 2. The van der Waals surface area contributed by atoms with Crippen LogP contribution in [0.3, 0.4) is 0 Å². The SMILES string of the molecule is CCc1ccc(C(C)NC(=O)CC2N=NC(=O)c3ccccc32)cc1. The molecule has 0 bridgehead atoms. The largest absolute Gasteiger partial charge is 0.350 e. The number of benzene rings is 2. The summed E-state index contributed by atoms with van der Waals surface area (Å²) < 4.78 is 0. The molecule has 0 spiro atoms. The van der Waals surface area contributed by atoms with Gasteiger partial charge in [-0.3, -0.25) is 9.59 Å². The molecule has 2 aromatic carbocycles. The van der Waals surface area contributed by atoms with E-state index in [0.29, 0.717) is 5.56 Å². The molecule has 0 aromatic heterocycles. The van der Waals surface area contributed by atoms with Crippen molar-refractivity contribution >= 4 is 11.8 Å². The van der Waals surface area contributed by atoms with Crippen LogP contribution < -0.4 is 5.32 Å². The van der Waals surface area contributed by atoms with Gasteiger partial charge in [0.15, 0.2) is 0 Å². The molecule has 2 amide bonds. The van der Waals surface area contributed by atoms with Crippen molar-refractivity contribution < 1.29 is 9.59 Å². The summed E-state index contributed by atoms with van der Waals surface area (Å²) in [5.41, 5.74) is 3.62. The summed E-state index contributed by atoms with van der Waals surface area (Å²) in [4.78, 5) is 24.2. The number of carbonyl (C=O) groups excluding carboxylic acids is 2. The lowest BCUT2D eigenvalue weighted by Gasteiger charge is -2.19. The quantitative estimate of drug-likeness (QED) is 0.891. The Balaban J connectivity index is 1.66. The molecule has 5 nitrogen and oxygen atoms in total. The lowest BCUT2D eigenvalue weighted by Crippen LogP contribution is -2.28. The van der Waals surface area contributed by atoms with Gasteiger partial charge in [0, 0.05) is 5.56 Å². The van der Waals surface area contributed by atoms with Gasteiger partial charge < -0.3 is 5.32 Å². The fraction of sp³-hybridized carbons (Fsp3) is 0.300. The molecule has 5 heteroatoms. The number of rotatable bonds is 5. The van der Waals surface area contributed by atoms with Crippen molar-refractivity contribution in [1.29, 1.82) is 0 Å². The first kappa shape index (κ1) is 17.0. The minimum absolute atomic E-state index is 0.0872. The molecular weight excluding hydrogens is 314 g/mol. The lowest BCUT2D eigenvalue weighted by molar-refractivity contribution is -0.122. The van der Waals surface area contributed by atoms with E-state index in [1.807, 2.05) is 31.2 Å². The monoisotopic (exact) mass is 335 g/mol. The van der Waals surface area contributed by atoms with Crippen LogP contribution in [0.25, 0.3) is 0 Å². The highest BCUT2D eigenvalue weighted by Crippen LogP contribution is 2.30. The van der Waals surface area contributed by atoms with Crippen molar-refractivity contribution in [2.24, 2.45) is 10.2 Å². The van der Waals surface area contributed by atoms with Crippen molar-refractivity contribution in [3.63, 3.8) is 0 Å². The molecule has 0 fully saturated rings. The standard InChI is InChI=1S/C20H21N3O2/c1-3-14-8-10-15(11-9-14)13(2)21-19(24)12-18-16-6-4-5-7-17(16)20(25)23-22-18/h4-11,13,18H,3,12H2,1-2H3,(H,21,24). The van der Waals surface area contributed by atoms with Crippen molar-refractivity contribution in [2.45, 2.75) is 38.8 Å². The minimum atomic E-state index is -0.413. The fourth-order valence-corrected chi connectivity index (χ4v) is 2.97. The lowest BCUT2D eigenvalue weighted by atomic mass is 9.96. The maximum Gasteiger partial charge on any atom is 0.295 e. The van der Waals surface area contributed by atoms with Gasteiger partial charge >= 0.3 is 0 Å². The normalized spacial score (nSPS) is 17.0. The van der Waals surface area contributed by atoms with Crippen LogP contribution in [0.4, 0.5) is 0 Å². The zero-order valence-corrected chi connectivity index (χ0v) is 14.4. The number of fused-ring (bicyclic) bond motifs is 1. The Morgan fingerprint density at radius 2 is 1.88 bits per heavy atom. The second kappa shape index (κ2) is 7.38. The van der Waals surface area contributed by atoms with E-state index in [1.165, 1.54) is 5.56 Å². The van der Waals surface area contributed by atoms with Crippen molar-refractivity contribution in [3.8, 4) is 0 Å². The van der Waals surface area contributed by atoms with E-state index in [9.17, 15) is 9.59 Å². The van der Waals surface area contributed by atoms with E-state index >= 15 is 0 Å². The van der Waals surface area contributed by atoms with Crippen LogP contribution in [-0.2, 0) is 11.2 Å². The smallest absolute Gasteiger partial charge is 0.295 e. The topological polar surface area (TPSA) is 70.9 Å². The third-order valence-corrected chi connectivity index (χ3v) is 4.48. The molecule has 2 aromatic rings. The molecule has 0 aliphatic carbocycles. The van der Waals surface area contributed by atoms with Gasteiger partial charge in [0.05, 0.1) is 12.5 Å². The van der Waals surface area contributed by atoms with Gasteiger partial charge in [0.1, 0.15) is 6.04 Å². The Morgan fingerprint density at radius 3 is 2.60 bits per heavy atom. The van der Waals surface area contributed by atoms with Crippen molar-refractivity contribution in [2.75, 3.05) is 0 Å². The zero-order valence-electron chi connectivity index (χ0n) is 14.4. The van der Waals surface area contributed by atoms with Gasteiger partial charge in [-0.2, -0.15) is 5.11 Å². The number of nitrogens with zero attached hydrogens (tertiary/aromatic N) is 2. The first-order valence-corrected chi connectivity index (χ1v) is 8.50. The molecule has 0 radical (unpaired) electrons. The summed E-state index contributed by atoms with van der Waals surface area (Å²) in [6.45, 7) is 4.07. The number of hydrogen-bond acceptors (Lipinski definition) is 3. The molecule has 3 rings (SSSR count). The maximum absolute atomic E-state index is 12.4. The van der Waals surface area contributed by atoms with Gasteiger partial charge in [-0.15, -0.1) is 5.11 Å². The van der Waals surface area contributed by atoms with Crippen LogP contribution in [0, 0.1) is 0 Å². The maximum atomic E-state index is 12.4. The summed E-state index contributed by atoms with van der Waals surface area (Å²) in [7, 11) is 0. The van der Waals surface area contributed by atoms with Crippen molar-refractivity contribution in [3.05, 3.63) is 70.8 Å². The van der Waals surface area contributed by atoms with Crippen LogP contribution in [0.15, 0.2) is 58.8 Å². The summed E-state index contributed by atoms with van der Waals surface area (Å²) >= 11 is 0. The van der Waals surface area contributed by atoms with Gasteiger partial charge in [-0.1, -0.05) is 49.4 Å². The van der Waals surface area contributed by atoms with Crippen LogP contribution in [0.1, 0.15) is 59.4 Å². The Hall–Kier alpha value is -2.82. The highest BCUT2D eigenvalue weighted by atomic mass is 16.2. The Kier molecular flexibility index (Phi) is 5.03. The first-order valence-electron chi connectivity index (χ1n) is 8.50. The summed E-state index contributed by atoms with van der Waals surface area (Å²) in [5.74, 6) is -0.461. The molecule has 0 saturated carbocycles. The van der Waals surface area contributed by atoms with E-state index in [-0.39, 0.29) is 24.3 Å². The average molecular weight is 335 g/mol. The van der Waals surface area contributed by atoms with Gasteiger partial charge in [0.25, 0.3) is 5.91 Å². The zero-order chi connectivity index (χ0) is 17.8. The summed E-state index contributed by atoms with van der Waals surface area (Å²) in [5, 5.41) is 10.7. The number of hydrogen-bond donors (Lipinski definition) is 1. The number of aryl methyl sites for hydroxylation is 1. The van der Waals surface area contributed by atoms with Crippen molar-refractivity contribution in [1.82, 2.24) is 5.32 Å². The van der Waals surface area contributed by atoms with E-state index in [1.54, 1.807) is 12.1 Å². The third-order valence-electron chi connectivity index (χ3n) is 4.48. The number of nitrogens with one attached hydrogen (secondary N) is 1.